The average Bonchev–Trinajstić information content (AvgIpc) is 2.86. The molecule has 1 aromatic carbocycles. The zero-order valence-corrected chi connectivity index (χ0v) is 11.0. The Morgan fingerprint density at radius 3 is 2.74 bits per heavy atom. The van der Waals surface area contributed by atoms with Gasteiger partial charge in [-0.1, -0.05) is 19.1 Å². The minimum Gasteiger partial charge on any atom is -0.303 e. The van der Waals surface area contributed by atoms with Crippen LogP contribution in [-0.4, -0.2) is 29.2 Å². The number of carbonyl (C=O) groups is 1. The Morgan fingerprint density at radius 2 is 2.16 bits per heavy atom. The van der Waals surface area contributed by atoms with E-state index in [0.717, 1.165) is 37.8 Å². The first-order valence-corrected chi connectivity index (χ1v) is 6.55. The van der Waals surface area contributed by atoms with Gasteiger partial charge in [-0.25, -0.2) is 0 Å². The van der Waals surface area contributed by atoms with Crippen LogP contribution in [0.25, 0.3) is 0 Å². The average molecular weight is 262 g/mol. The molecular weight excluding hydrogens is 244 g/mol. The van der Waals surface area contributed by atoms with Gasteiger partial charge in [-0.05, 0) is 24.9 Å². The number of nitrogens with zero attached hydrogens (tertiary/aromatic N) is 2. The molecule has 19 heavy (non-hydrogen) atoms. The smallest absolute Gasteiger partial charge is 0.269 e. The summed E-state index contributed by atoms with van der Waals surface area (Å²) in [6, 6.07) is 7.03. The number of nitro benzene ring substituents is 1. The van der Waals surface area contributed by atoms with Crippen LogP contribution in [0.15, 0.2) is 24.3 Å². The molecule has 0 amide bonds. The molecule has 1 aromatic rings. The van der Waals surface area contributed by atoms with E-state index in [2.05, 4.69) is 4.90 Å². The third-order valence-electron chi connectivity index (χ3n) is 3.61. The Hall–Kier alpha value is -1.75. The molecule has 1 heterocycles. The first-order valence-electron chi connectivity index (χ1n) is 6.55. The maximum absolute atomic E-state index is 10.8. The maximum atomic E-state index is 10.8. The fourth-order valence-electron chi connectivity index (χ4n) is 2.65. The minimum absolute atomic E-state index is 0.0265. The highest BCUT2D eigenvalue weighted by atomic mass is 16.6. The molecule has 0 bridgehead atoms. The van der Waals surface area contributed by atoms with Crippen LogP contribution >= 0.6 is 0 Å². The van der Waals surface area contributed by atoms with Gasteiger partial charge in [-0.2, -0.15) is 0 Å². The van der Waals surface area contributed by atoms with E-state index in [-0.39, 0.29) is 22.6 Å². The SMILES string of the molecule is CC(C=O)CN1CCCC1c1ccc([N+](=O)[O-])cc1. The predicted molar refractivity (Wildman–Crippen MR) is 71.9 cm³/mol. The molecular formula is C14H18N2O3. The molecule has 2 unspecified atom stereocenters. The highest BCUT2D eigenvalue weighted by Crippen LogP contribution is 2.32. The number of benzene rings is 1. The van der Waals surface area contributed by atoms with Crippen molar-refractivity contribution in [3.63, 3.8) is 0 Å². The topological polar surface area (TPSA) is 63.5 Å². The van der Waals surface area contributed by atoms with Gasteiger partial charge in [0, 0.05) is 30.6 Å². The van der Waals surface area contributed by atoms with Crippen LogP contribution in [0, 0.1) is 16.0 Å². The van der Waals surface area contributed by atoms with Crippen molar-refractivity contribution < 1.29 is 9.72 Å². The van der Waals surface area contributed by atoms with E-state index < -0.39 is 0 Å². The quantitative estimate of drug-likeness (QED) is 0.465. The maximum Gasteiger partial charge on any atom is 0.269 e. The molecule has 5 nitrogen and oxygen atoms in total. The number of hydrogen-bond donors (Lipinski definition) is 0. The summed E-state index contributed by atoms with van der Waals surface area (Å²) in [7, 11) is 0. The highest BCUT2D eigenvalue weighted by molar-refractivity contribution is 5.53. The van der Waals surface area contributed by atoms with E-state index in [9.17, 15) is 14.9 Å². The first kappa shape index (κ1) is 13.7. The normalized spacial score (nSPS) is 21.2. The number of likely N-dealkylation sites (tertiary alicyclic amines) is 1. The summed E-state index contributed by atoms with van der Waals surface area (Å²) >= 11 is 0. The Morgan fingerprint density at radius 1 is 1.47 bits per heavy atom. The van der Waals surface area contributed by atoms with Gasteiger partial charge in [0.1, 0.15) is 6.29 Å². The molecule has 5 heteroatoms. The molecule has 0 saturated carbocycles. The fourth-order valence-corrected chi connectivity index (χ4v) is 2.65. The lowest BCUT2D eigenvalue weighted by Crippen LogP contribution is -2.28. The third kappa shape index (κ3) is 3.17. The van der Waals surface area contributed by atoms with Crippen LogP contribution in [0.2, 0.25) is 0 Å². The summed E-state index contributed by atoms with van der Waals surface area (Å²) in [5, 5.41) is 10.6. The molecule has 0 spiro atoms. The van der Waals surface area contributed by atoms with Crippen LogP contribution in [0.3, 0.4) is 0 Å². The molecule has 2 atom stereocenters. The molecule has 0 N–H and O–H groups in total. The molecule has 0 aromatic heterocycles. The summed E-state index contributed by atoms with van der Waals surface area (Å²) in [6.45, 7) is 3.66. The van der Waals surface area contributed by atoms with Gasteiger partial charge in [-0.15, -0.1) is 0 Å². The largest absolute Gasteiger partial charge is 0.303 e. The van der Waals surface area contributed by atoms with Crippen LogP contribution in [0.4, 0.5) is 5.69 Å². The van der Waals surface area contributed by atoms with Crippen molar-refractivity contribution in [3.8, 4) is 0 Å². The second-order valence-corrected chi connectivity index (χ2v) is 5.11. The Bertz CT molecular complexity index is 458. The van der Waals surface area contributed by atoms with Crippen molar-refractivity contribution in [1.82, 2.24) is 4.90 Å². The monoisotopic (exact) mass is 262 g/mol. The van der Waals surface area contributed by atoms with Crippen LogP contribution in [-0.2, 0) is 4.79 Å². The van der Waals surface area contributed by atoms with Gasteiger partial charge in [0.05, 0.1) is 4.92 Å². The lowest BCUT2D eigenvalue weighted by Gasteiger charge is -2.25. The number of non-ortho nitro benzene ring substituents is 1. The van der Waals surface area contributed by atoms with E-state index in [0.29, 0.717) is 0 Å². The summed E-state index contributed by atoms with van der Waals surface area (Å²) < 4.78 is 0. The van der Waals surface area contributed by atoms with Gasteiger partial charge < -0.3 is 4.79 Å². The summed E-state index contributed by atoms with van der Waals surface area (Å²) in [6.07, 6.45) is 3.13. The van der Waals surface area contributed by atoms with Crippen LogP contribution in [0.5, 0.6) is 0 Å². The van der Waals surface area contributed by atoms with Gasteiger partial charge in [0.15, 0.2) is 0 Å². The zero-order valence-electron chi connectivity index (χ0n) is 11.0. The Kier molecular flexibility index (Phi) is 4.27. The number of hydrogen-bond acceptors (Lipinski definition) is 4. The molecule has 1 aliphatic heterocycles. The van der Waals surface area contributed by atoms with Gasteiger partial charge in [0.25, 0.3) is 5.69 Å². The predicted octanol–water partition coefficient (Wildman–Crippen LogP) is 2.57. The number of aldehydes is 1. The van der Waals surface area contributed by atoms with Crippen molar-refractivity contribution >= 4 is 12.0 Å². The fraction of sp³-hybridized carbons (Fsp3) is 0.500. The molecule has 1 aliphatic rings. The summed E-state index contributed by atoms with van der Waals surface area (Å²) in [5.41, 5.74) is 1.22. The van der Waals surface area contributed by atoms with Crippen molar-refractivity contribution in [2.75, 3.05) is 13.1 Å². The third-order valence-corrected chi connectivity index (χ3v) is 3.61. The lowest BCUT2D eigenvalue weighted by atomic mass is 10.0. The van der Waals surface area contributed by atoms with Crippen molar-refractivity contribution in [3.05, 3.63) is 39.9 Å². The molecule has 1 fully saturated rings. The molecule has 2 rings (SSSR count). The van der Waals surface area contributed by atoms with Crippen LogP contribution in [0.1, 0.15) is 31.4 Å². The molecule has 0 radical (unpaired) electrons. The van der Waals surface area contributed by atoms with Crippen LogP contribution < -0.4 is 0 Å². The van der Waals surface area contributed by atoms with E-state index in [1.54, 1.807) is 12.1 Å². The second kappa shape index (κ2) is 5.93. The number of rotatable bonds is 5. The lowest BCUT2D eigenvalue weighted by molar-refractivity contribution is -0.384. The number of carbonyl (C=O) groups excluding carboxylic acids is 1. The standard InChI is InChI=1S/C14H18N2O3/c1-11(10-17)9-15-8-2-3-14(15)12-4-6-13(7-5-12)16(18)19/h4-7,10-11,14H,2-3,8-9H2,1H3. The van der Waals surface area contributed by atoms with E-state index in [4.69, 9.17) is 0 Å². The summed E-state index contributed by atoms with van der Waals surface area (Å²) in [5.74, 6) is 0.0265. The van der Waals surface area contributed by atoms with Gasteiger partial charge in [-0.3, -0.25) is 15.0 Å². The first-order chi connectivity index (χ1) is 9.11. The second-order valence-electron chi connectivity index (χ2n) is 5.11. The molecule has 1 saturated heterocycles. The van der Waals surface area contributed by atoms with Gasteiger partial charge >= 0.3 is 0 Å². The van der Waals surface area contributed by atoms with Crippen molar-refractivity contribution in [2.45, 2.75) is 25.8 Å². The number of nitro groups is 1. The molecule has 0 aliphatic carbocycles. The van der Waals surface area contributed by atoms with E-state index in [1.807, 2.05) is 19.1 Å². The summed E-state index contributed by atoms with van der Waals surface area (Å²) in [4.78, 5) is 23.3. The minimum atomic E-state index is -0.384. The van der Waals surface area contributed by atoms with Gasteiger partial charge in [0.2, 0.25) is 0 Å². The van der Waals surface area contributed by atoms with E-state index in [1.165, 1.54) is 0 Å². The van der Waals surface area contributed by atoms with Crippen molar-refractivity contribution in [2.24, 2.45) is 5.92 Å². The van der Waals surface area contributed by atoms with Crippen molar-refractivity contribution in [1.29, 1.82) is 0 Å². The van der Waals surface area contributed by atoms with E-state index >= 15 is 0 Å². The Labute approximate surface area is 112 Å². The highest BCUT2D eigenvalue weighted by Gasteiger charge is 2.27. The Balaban J connectivity index is 2.11. The zero-order chi connectivity index (χ0) is 13.8. The molecule has 102 valence electrons.